The molecule has 0 bridgehead atoms. The van der Waals surface area contributed by atoms with Gasteiger partial charge in [-0.25, -0.2) is 9.97 Å². The third kappa shape index (κ3) is 2.99. The van der Waals surface area contributed by atoms with Crippen LogP contribution in [0, 0.1) is 34.0 Å². The number of aromatic nitrogens is 3. The van der Waals surface area contributed by atoms with Gasteiger partial charge in [0.25, 0.3) is 0 Å². The van der Waals surface area contributed by atoms with Crippen LogP contribution >= 0.6 is 0 Å². The quantitative estimate of drug-likeness (QED) is 0.765. The van der Waals surface area contributed by atoms with Gasteiger partial charge >= 0.3 is 0 Å². The molecule has 0 saturated carbocycles. The largest absolute Gasteiger partial charge is 0.384 e. The van der Waals surface area contributed by atoms with E-state index in [1.165, 1.54) is 4.90 Å². The topological polar surface area (TPSA) is 133 Å². The van der Waals surface area contributed by atoms with Crippen LogP contribution < -0.4 is 10.6 Å². The molecule has 0 atom stereocenters. The number of hydrogen-bond donors (Lipinski definition) is 2. The summed E-state index contributed by atoms with van der Waals surface area (Å²) in [4.78, 5) is 9.80. The van der Waals surface area contributed by atoms with Gasteiger partial charge in [-0.3, -0.25) is 0 Å². The Hall–Kier alpha value is -3.15. The molecule has 2 rings (SSSR count). The van der Waals surface area contributed by atoms with Gasteiger partial charge in [-0.05, 0) is 13.8 Å². The highest BCUT2D eigenvalue weighted by Gasteiger charge is 2.20. The molecular formula is C16H19N8+. The fourth-order valence-corrected chi connectivity index (χ4v) is 2.74. The Morgan fingerprint density at radius 3 is 2.21 bits per heavy atom. The number of nitrogens with one attached hydrogen (secondary N) is 1. The molecule has 122 valence electrons. The van der Waals surface area contributed by atoms with Crippen LogP contribution in [0.5, 0.6) is 0 Å². The van der Waals surface area contributed by atoms with E-state index >= 15 is 0 Å². The van der Waals surface area contributed by atoms with Crippen molar-refractivity contribution in [1.29, 1.82) is 15.8 Å². The van der Waals surface area contributed by atoms with Gasteiger partial charge in [0.1, 0.15) is 35.1 Å². The van der Waals surface area contributed by atoms with Crippen molar-refractivity contribution < 1.29 is 4.90 Å². The van der Waals surface area contributed by atoms with Crippen molar-refractivity contribution in [1.82, 2.24) is 14.5 Å². The highest BCUT2D eigenvalue weighted by atomic mass is 15.1. The van der Waals surface area contributed by atoms with E-state index in [1.807, 2.05) is 18.2 Å². The van der Waals surface area contributed by atoms with Crippen molar-refractivity contribution in [2.45, 2.75) is 26.8 Å². The zero-order valence-corrected chi connectivity index (χ0v) is 13.8. The molecule has 24 heavy (non-hydrogen) atoms. The van der Waals surface area contributed by atoms with Crippen molar-refractivity contribution in [3.8, 4) is 18.2 Å². The van der Waals surface area contributed by atoms with Crippen LogP contribution in [0.4, 0.5) is 5.82 Å². The molecule has 0 aromatic carbocycles. The van der Waals surface area contributed by atoms with Crippen molar-refractivity contribution in [2.75, 3.05) is 25.4 Å². The highest BCUT2D eigenvalue weighted by Crippen LogP contribution is 2.26. The smallest absolute Gasteiger partial charge is 0.179 e. The lowest BCUT2D eigenvalue weighted by Gasteiger charge is -2.15. The highest BCUT2D eigenvalue weighted by molar-refractivity contribution is 5.86. The first-order chi connectivity index (χ1) is 11.6. The zero-order chi connectivity index (χ0) is 17.7. The van der Waals surface area contributed by atoms with E-state index in [9.17, 15) is 5.26 Å². The summed E-state index contributed by atoms with van der Waals surface area (Å²) in [6.07, 6.45) is 0.861. The molecular weight excluding hydrogens is 304 g/mol. The van der Waals surface area contributed by atoms with Crippen molar-refractivity contribution in [3.05, 3.63) is 17.0 Å². The molecule has 2 aromatic rings. The van der Waals surface area contributed by atoms with E-state index in [0.717, 1.165) is 26.1 Å². The number of aryl methyl sites for hydroxylation is 1. The lowest BCUT2D eigenvalue weighted by atomic mass is 10.3. The average molecular weight is 323 g/mol. The third-order valence-electron chi connectivity index (χ3n) is 4.15. The minimum atomic E-state index is -0.0914. The second kappa shape index (κ2) is 7.41. The van der Waals surface area contributed by atoms with Gasteiger partial charge in [0.15, 0.2) is 17.0 Å². The third-order valence-corrected chi connectivity index (χ3v) is 4.15. The van der Waals surface area contributed by atoms with Gasteiger partial charge in [0.2, 0.25) is 0 Å². The van der Waals surface area contributed by atoms with Crippen LogP contribution in [0.15, 0.2) is 0 Å². The fourth-order valence-electron chi connectivity index (χ4n) is 2.74. The number of nitriles is 3. The zero-order valence-electron chi connectivity index (χ0n) is 13.8. The Morgan fingerprint density at radius 1 is 1.04 bits per heavy atom. The molecule has 0 radical (unpaired) electrons. The number of fused-ring (bicyclic) bond motifs is 1. The lowest BCUT2D eigenvalue weighted by Crippen LogP contribution is -3.11. The number of anilines is 1. The first-order valence-electron chi connectivity index (χ1n) is 7.84. The maximum atomic E-state index is 9.35. The Morgan fingerprint density at radius 2 is 1.67 bits per heavy atom. The summed E-state index contributed by atoms with van der Waals surface area (Å²) >= 11 is 0. The fraction of sp³-hybridized carbons (Fsp3) is 0.438. The van der Waals surface area contributed by atoms with Gasteiger partial charge in [0.05, 0.1) is 19.6 Å². The molecule has 8 heteroatoms. The monoisotopic (exact) mass is 323 g/mol. The van der Waals surface area contributed by atoms with E-state index < -0.39 is 0 Å². The molecule has 0 saturated heterocycles. The predicted octanol–water partition coefficient (Wildman–Crippen LogP) is -0.0567. The molecule has 8 nitrogen and oxygen atoms in total. The average Bonchev–Trinajstić information content (AvgIpc) is 2.87. The number of nitrogens with zero attached hydrogens (tertiary/aromatic N) is 6. The number of rotatable bonds is 6. The Labute approximate surface area is 140 Å². The normalized spacial score (nSPS) is 10.5. The molecule has 0 aliphatic heterocycles. The number of quaternary nitrogens is 1. The molecule has 2 aromatic heterocycles. The predicted molar refractivity (Wildman–Crippen MR) is 87.6 cm³/mol. The number of hydrogen-bond acceptors (Lipinski definition) is 6. The Balaban J connectivity index is 2.47. The summed E-state index contributed by atoms with van der Waals surface area (Å²) in [5, 5.41) is 27.6. The first kappa shape index (κ1) is 17.2. The Bertz CT molecular complexity index is 871. The summed E-state index contributed by atoms with van der Waals surface area (Å²) < 4.78 is 1.71. The minimum absolute atomic E-state index is 0.0531. The van der Waals surface area contributed by atoms with Crippen LogP contribution in [0.25, 0.3) is 11.2 Å². The van der Waals surface area contributed by atoms with E-state index in [1.54, 1.807) is 4.57 Å². The summed E-state index contributed by atoms with van der Waals surface area (Å²) in [6.45, 7) is 7.93. The molecule has 0 aliphatic carbocycles. The molecule has 0 amide bonds. The van der Waals surface area contributed by atoms with Gasteiger partial charge in [-0.1, -0.05) is 0 Å². The summed E-state index contributed by atoms with van der Waals surface area (Å²) in [6, 6.07) is 5.72. The van der Waals surface area contributed by atoms with E-state index in [-0.39, 0.29) is 28.3 Å². The molecule has 2 heterocycles. The molecule has 3 N–H and O–H groups in total. The van der Waals surface area contributed by atoms with Gasteiger partial charge < -0.3 is 15.2 Å². The maximum absolute atomic E-state index is 9.35. The van der Waals surface area contributed by atoms with Gasteiger partial charge in [-0.2, -0.15) is 15.8 Å². The second-order valence-electron chi connectivity index (χ2n) is 5.40. The lowest BCUT2D eigenvalue weighted by molar-refractivity contribution is -0.896. The van der Waals surface area contributed by atoms with Gasteiger partial charge in [0, 0.05) is 13.0 Å². The molecule has 0 aliphatic rings. The van der Waals surface area contributed by atoms with Crippen LogP contribution in [-0.2, 0) is 6.54 Å². The number of nitrogen functional groups attached to an aromatic ring is 1. The second-order valence-corrected chi connectivity index (χ2v) is 5.40. The van der Waals surface area contributed by atoms with Crippen LogP contribution in [0.2, 0.25) is 0 Å². The van der Waals surface area contributed by atoms with Crippen molar-refractivity contribution in [2.24, 2.45) is 0 Å². The molecule has 0 fully saturated rings. The van der Waals surface area contributed by atoms with E-state index in [0.29, 0.717) is 12.2 Å². The SMILES string of the molecule is CC[NH+](CC)CCCn1c(N)c(C#N)c2nc(C#N)c(C#N)nc21. The number of nitrogens with two attached hydrogens (primary N) is 1. The van der Waals surface area contributed by atoms with Crippen molar-refractivity contribution >= 4 is 17.0 Å². The van der Waals surface area contributed by atoms with E-state index in [4.69, 9.17) is 16.3 Å². The minimum Gasteiger partial charge on any atom is -0.384 e. The van der Waals surface area contributed by atoms with Crippen LogP contribution in [-0.4, -0.2) is 34.2 Å². The van der Waals surface area contributed by atoms with Gasteiger partial charge in [-0.15, -0.1) is 0 Å². The van der Waals surface area contributed by atoms with Crippen molar-refractivity contribution in [3.63, 3.8) is 0 Å². The van der Waals surface area contributed by atoms with Crippen LogP contribution in [0.3, 0.4) is 0 Å². The Kier molecular flexibility index (Phi) is 5.31. The summed E-state index contributed by atoms with van der Waals surface area (Å²) in [7, 11) is 0. The molecule has 0 spiro atoms. The first-order valence-corrected chi connectivity index (χ1v) is 7.84. The van der Waals surface area contributed by atoms with Crippen LogP contribution in [0.1, 0.15) is 37.2 Å². The maximum Gasteiger partial charge on any atom is 0.179 e. The summed E-state index contributed by atoms with van der Waals surface area (Å²) in [5.74, 6) is 0.279. The molecule has 0 unspecified atom stereocenters. The standard InChI is InChI=1S/C16H18N8/c1-3-23(4-2)6-5-7-24-15(20)11(8-17)14-16(24)22-13(10-19)12(9-18)21-14/h3-7,20H2,1-2H3/p+1. The summed E-state index contributed by atoms with van der Waals surface area (Å²) in [5.41, 5.74) is 6.80. The van der Waals surface area contributed by atoms with E-state index in [2.05, 4.69) is 23.8 Å².